The summed E-state index contributed by atoms with van der Waals surface area (Å²) in [6.45, 7) is 6.11. The molecule has 142 valence electrons. The average Bonchev–Trinajstić information content (AvgIpc) is 2.72. The largest absolute Gasteiger partial charge is 0.487 e. The van der Waals surface area contributed by atoms with Crippen LogP contribution in [0.5, 0.6) is 5.75 Å². The van der Waals surface area contributed by atoms with Crippen LogP contribution in [0.25, 0.3) is 16.5 Å². The Labute approximate surface area is 164 Å². The summed E-state index contributed by atoms with van der Waals surface area (Å²) < 4.78 is 5.88. The predicted molar refractivity (Wildman–Crippen MR) is 114 cm³/mol. The Morgan fingerprint density at radius 1 is 1.11 bits per heavy atom. The van der Waals surface area contributed by atoms with Crippen molar-refractivity contribution in [2.45, 2.75) is 13.5 Å². The SMILES string of the molecule is C=N/C=C(C)/C=C(/CON)c1ccc(OCc2ccc3ccccc3n2)cc1. The highest BCUT2D eigenvalue weighted by Crippen LogP contribution is 2.21. The summed E-state index contributed by atoms with van der Waals surface area (Å²) in [6.07, 6.45) is 3.65. The fourth-order valence-electron chi connectivity index (χ4n) is 2.87. The van der Waals surface area contributed by atoms with Gasteiger partial charge in [0.05, 0.1) is 17.8 Å². The fraction of sp³-hybridized carbons (Fsp3) is 0.130. The maximum Gasteiger partial charge on any atom is 0.130 e. The van der Waals surface area contributed by atoms with E-state index in [0.29, 0.717) is 13.2 Å². The van der Waals surface area contributed by atoms with Crippen LogP contribution in [-0.2, 0) is 11.4 Å². The molecule has 28 heavy (non-hydrogen) atoms. The summed E-state index contributed by atoms with van der Waals surface area (Å²) in [6, 6.07) is 19.9. The minimum atomic E-state index is 0.295. The highest BCUT2D eigenvalue weighted by Gasteiger charge is 2.04. The molecule has 0 fully saturated rings. The second-order valence-corrected chi connectivity index (χ2v) is 6.34. The zero-order valence-corrected chi connectivity index (χ0v) is 15.8. The molecule has 1 aromatic heterocycles. The Kier molecular flexibility index (Phi) is 6.68. The number of hydrogen-bond donors (Lipinski definition) is 1. The van der Waals surface area contributed by atoms with Crippen LogP contribution < -0.4 is 10.6 Å². The van der Waals surface area contributed by atoms with Gasteiger partial charge in [-0.3, -0.25) is 9.83 Å². The Morgan fingerprint density at radius 2 is 1.89 bits per heavy atom. The van der Waals surface area contributed by atoms with E-state index >= 15 is 0 Å². The van der Waals surface area contributed by atoms with E-state index in [0.717, 1.165) is 39.1 Å². The van der Waals surface area contributed by atoms with Gasteiger partial charge >= 0.3 is 0 Å². The number of rotatable bonds is 8. The molecule has 5 heteroatoms. The number of fused-ring (bicyclic) bond motifs is 1. The van der Waals surface area contributed by atoms with Crippen molar-refractivity contribution in [2.24, 2.45) is 10.9 Å². The van der Waals surface area contributed by atoms with Crippen LogP contribution >= 0.6 is 0 Å². The van der Waals surface area contributed by atoms with Gasteiger partial charge in [0.1, 0.15) is 12.4 Å². The number of allylic oxidation sites excluding steroid dienone is 2. The summed E-state index contributed by atoms with van der Waals surface area (Å²) in [5.74, 6) is 6.04. The lowest BCUT2D eigenvalue weighted by molar-refractivity contribution is 0.173. The van der Waals surface area contributed by atoms with Gasteiger partial charge in [-0.25, -0.2) is 10.9 Å². The molecular weight excluding hydrogens is 350 g/mol. The average molecular weight is 373 g/mol. The Balaban J connectivity index is 1.70. The lowest BCUT2D eigenvalue weighted by atomic mass is 10.0. The summed E-state index contributed by atoms with van der Waals surface area (Å²) >= 11 is 0. The molecule has 2 aromatic carbocycles. The lowest BCUT2D eigenvalue weighted by Crippen LogP contribution is -2.04. The number of aromatic nitrogens is 1. The van der Waals surface area contributed by atoms with Gasteiger partial charge < -0.3 is 4.74 Å². The Bertz CT molecular complexity index is 1010. The summed E-state index contributed by atoms with van der Waals surface area (Å²) in [7, 11) is 0. The number of nitrogens with two attached hydrogens (primary N) is 1. The zero-order valence-electron chi connectivity index (χ0n) is 15.8. The van der Waals surface area contributed by atoms with E-state index in [1.807, 2.05) is 67.6 Å². The van der Waals surface area contributed by atoms with Crippen molar-refractivity contribution in [3.05, 3.63) is 89.8 Å². The molecule has 3 rings (SSSR count). The first kappa shape index (κ1) is 19.5. The number of benzene rings is 2. The van der Waals surface area contributed by atoms with E-state index in [1.165, 1.54) is 0 Å². The number of hydrogen-bond acceptors (Lipinski definition) is 5. The minimum absolute atomic E-state index is 0.295. The van der Waals surface area contributed by atoms with Gasteiger partial charge in [0.25, 0.3) is 0 Å². The third-order valence-electron chi connectivity index (χ3n) is 4.20. The number of aliphatic imine (C=N–C) groups is 1. The van der Waals surface area contributed by atoms with E-state index in [4.69, 9.17) is 15.5 Å². The molecule has 0 spiro atoms. The van der Waals surface area contributed by atoms with Crippen LogP contribution in [0.4, 0.5) is 0 Å². The van der Waals surface area contributed by atoms with Crippen LogP contribution in [0, 0.1) is 0 Å². The molecule has 0 bridgehead atoms. The van der Waals surface area contributed by atoms with Gasteiger partial charge in [-0.2, -0.15) is 0 Å². The second-order valence-electron chi connectivity index (χ2n) is 6.34. The number of nitrogens with zero attached hydrogens (tertiary/aromatic N) is 2. The van der Waals surface area contributed by atoms with Crippen molar-refractivity contribution < 1.29 is 9.57 Å². The van der Waals surface area contributed by atoms with Crippen molar-refractivity contribution in [1.82, 2.24) is 4.98 Å². The predicted octanol–water partition coefficient (Wildman–Crippen LogP) is 4.69. The van der Waals surface area contributed by atoms with Crippen LogP contribution in [0.1, 0.15) is 18.2 Å². The maximum atomic E-state index is 5.88. The summed E-state index contributed by atoms with van der Waals surface area (Å²) in [5, 5.41) is 1.12. The molecule has 0 aliphatic carbocycles. The molecule has 0 saturated heterocycles. The molecule has 1 heterocycles. The van der Waals surface area contributed by atoms with Gasteiger partial charge in [-0.05, 0) is 54.6 Å². The summed E-state index contributed by atoms with van der Waals surface area (Å²) in [5.41, 5.74) is 4.76. The molecule has 0 amide bonds. The second kappa shape index (κ2) is 9.60. The van der Waals surface area contributed by atoms with Gasteiger partial charge in [0.15, 0.2) is 0 Å². The quantitative estimate of drug-likeness (QED) is 0.353. The molecule has 0 unspecified atom stereocenters. The lowest BCUT2D eigenvalue weighted by Gasteiger charge is -2.10. The standard InChI is InChI=1S/C23H23N3O2/c1-17(14-25-2)13-20(15-28-24)18-8-11-22(12-9-18)27-16-21-10-7-19-5-3-4-6-23(19)26-21/h3-14H,2,15-16,24H2,1H3/b17-14+,20-13-. The smallest absolute Gasteiger partial charge is 0.130 e. The minimum Gasteiger partial charge on any atom is -0.487 e. The Hall–Kier alpha value is -3.28. The van der Waals surface area contributed by atoms with Crippen molar-refractivity contribution in [2.75, 3.05) is 6.61 Å². The number of ether oxygens (including phenoxy) is 1. The highest BCUT2D eigenvalue weighted by molar-refractivity contribution is 5.78. The van der Waals surface area contributed by atoms with Gasteiger partial charge in [0.2, 0.25) is 0 Å². The maximum absolute atomic E-state index is 5.88. The van der Waals surface area contributed by atoms with E-state index in [1.54, 1.807) is 6.20 Å². The topological polar surface area (TPSA) is 69.7 Å². The first-order chi connectivity index (χ1) is 13.7. The van der Waals surface area contributed by atoms with Gasteiger partial charge in [-0.1, -0.05) is 42.5 Å². The van der Waals surface area contributed by atoms with Gasteiger partial charge in [0, 0.05) is 11.6 Å². The first-order valence-electron chi connectivity index (χ1n) is 8.92. The van der Waals surface area contributed by atoms with Gasteiger partial charge in [-0.15, -0.1) is 0 Å². The summed E-state index contributed by atoms with van der Waals surface area (Å²) in [4.78, 5) is 13.2. The molecule has 0 aliphatic heterocycles. The molecule has 0 atom stereocenters. The third kappa shape index (κ3) is 5.13. The van der Waals surface area contributed by atoms with Crippen molar-refractivity contribution in [3.63, 3.8) is 0 Å². The van der Waals surface area contributed by atoms with Crippen LogP contribution in [0.2, 0.25) is 0 Å². The third-order valence-corrected chi connectivity index (χ3v) is 4.20. The molecule has 5 nitrogen and oxygen atoms in total. The monoisotopic (exact) mass is 373 g/mol. The molecule has 2 N–H and O–H groups in total. The van der Waals surface area contributed by atoms with Crippen LogP contribution in [0.3, 0.4) is 0 Å². The molecule has 0 aliphatic rings. The van der Waals surface area contributed by atoms with E-state index in [9.17, 15) is 0 Å². The van der Waals surface area contributed by atoms with E-state index in [2.05, 4.69) is 22.8 Å². The Morgan fingerprint density at radius 3 is 2.64 bits per heavy atom. The first-order valence-corrected chi connectivity index (χ1v) is 8.92. The molecule has 0 saturated carbocycles. The molecular formula is C23H23N3O2. The molecule has 0 radical (unpaired) electrons. The van der Waals surface area contributed by atoms with Crippen LogP contribution in [-0.4, -0.2) is 18.3 Å². The fourth-order valence-corrected chi connectivity index (χ4v) is 2.87. The number of para-hydroxylation sites is 1. The van der Waals surface area contributed by atoms with E-state index in [-0.39, 0.29) is 0 Å². The van der Waals surface area contributed by atoms with E-state index < -0.39 is 0 Å². The zero-order chi connectivity index (χ0) is 19.8. The van der Waals surface area contributed by atoms with Crippen LogP contribution in [0.15, 0.2) is 83.5 Å². The number of pyridine rings is 1. The van der Waals surface area contributed by atoms with Crippen molar-refractivity contribution in [1.29, 1.82) is 0 Å². The highest BCUT2D eigenvalue weighted by atomic mass is 16.6. The van der Waals surface area contributed by atoms with Crippen molar-refractivity contribution in [3.8, 4) is 5.75 Å². The van der Waals surface area contributed by atoms with Crippen molar-refractivity contribution >= 4 is 23.2 Å². The molecule has 3 aromatic rings. The normalized spacial score (nSPS) is 12.2.